The first-order valence-electron chi connectivity index (χ1n) is 23.5. The molecule has 0 saturated heterocycles. The number of hydrogen-bond donors (Lipinski definition) is 2. The smallest absolute Gasteiger partial charge is 0.204 e. The molecular weight excluding hydrogens is 695 g/mol. The van der Waals surface area contributed by atoms with E-state index in [0.717, 1.165) is 11.1 Å². The van der Waals surface area contributed by atoms with E-state index in [1.165, 1.54) is 192 Å². The fourth-order valence-corrected chi connectivity index (χ4v) is 9.10. The van der Waals surface area contributed by atoms with Crippen LogP contribution in [0.25, 0.3) is 12.2 Å². The maximum Gasteiger partial charge on any atom is 0.204 e. The van der Waals surface area contributed by atoms with E-state index in [2.05, 4.69) is 49.5 Å². The van der Waals surface area contributed by atoms with Gasteiger partial charge in [0.1, 0.15) is 0 Å². The number of benzene rings is 2. The topological polar surface area (TPSA) is 66.4 Å². The fourth-order valence-electron chi connectivity index (χ4n) is 7.73. The Kier molecular flexibility index (Phi) is 29.4. The van der Waals surface area contributed by atoms with Gasteiger partial charge in [0.15, 0.2) is 5.44 Å². The highest BCUT2D eigenvalue weighted by Gasteiger charge is 2.24. The lowest BCUT2D eigenvalue weighted by Gasteiger charge is -2.20. The first-order valence-corrected chi connectivity index (χ1v) is 25.0. The minimum absolute atomic E-state index is 0.170. The van der Waals surface area contributed by atoms with Crippen LogP contribution in [0.5, 0.6) is 0 Å². The SMILES string of the molecule is CCCCCCCCCCCCCCCCC(CCCCCCCCCCCCCCC)Nc1ccc(C=Cc2ccc(S(=O)(=O)C(O)CCC)cc2)cc1. The number of unbranched alkanes of at least 4 members (excludes halogenated alkanes) is 25. The summed E-state index contributed by atoms with van der Waals surface area (Å²) in [5.74, 6) is 0. The summed E-state index contributed by atoms with van der Waals surface area (Å²) in [6, 6.07) is 16.0. The molecular formula is C50H85NO3S. The van der Waals surface area contributed by atoms with Crippen molar-refractivity contribution in [1.29, 1.82) is 0 Å². The molecule has 0 aliphatic rings. The van der Waals surface area contributed by atoms with E-state index in [-0.39, 0.29) is 11.3 Å². The highest BCUT2D eigenvalue weighted by Crippen LogP contribution is 2.22. The van der Waals surface area contributed by atoms with E-state index in [0.29, 0.717) is 12.5 Å². The Bertz CT molecular complexity index is 1290. The third-order valence-corrected chi connectivity index (χ3v) is 13.3. The van der Waals surface area contributed by atoms with Crippen LogP contribution >= 0.6 is 0 Å². The predicted molar refractivity (Wildman–Crippen MR) is 243 cm³/mol. The largest absolute Gasteiger partial charge is 0.382 e. The molecule has 0 spiro atoms. The molecule has 55 heavy (non-hydrogen) atoms. The Morgan fingerprint density at radius 3 is 1.13 bits per heavy atom. The van der Waals surface area contributed by atoms with Gasteiger partial charge in [-0.25, -0.2) is 8.42 Å². The molecule has 0 heterocycles. The maximum absolute atomic E-state index is 12.6. The standard InChI is InChI=1S/C50H85NO3S/c1-4-7-9-11-13-15-17-19-21-23-25-27-29-31-34-47(33-30-28-26-24-22-20-18-16-14-12-10-8-5-2)51-48-41-37-45(38-42-48)35-36-46-39-43-49(44-40-46)55(53,54)50(52)32-6-3/h35-44,47,50-52H,4-34H2,1-3H3. The summed E-state index contributed by atoms with van der Waals surface area (Å²) >= 11 is 0. The number of rotatable bonds is 37. The second-order valence-electron chi connectivity index (χ2n) is 16.6. The van der Waals surface area contributed by atoms with E-state index in [9.17, 15) is 13.5 Å². The van der Waals surface area contributed by atoms with Gasteiger partial charge < -0.3 is 10.4 Å². The lowest BCUT2D eigenvalue weighted by Crippen LogP contribution is -2.20. The van der Waals surface area contributed by atoms with Gasteiger partial charge in [0.05, 0.1) is 4.90 Å². The van der Waals surface area contributed by atoms with Gasteiger partial charge in [-0.3, -0.25) is 0 Å². The van der Waals surface area contributed by atoms with E-state index >= 15 is 0 Å². The van der Waals surface area contributed by atoms with Gasteiger partial charge >= 0.3 is 0 Å². The normalized spacial score (nSPS) is 13.1. The summed E-state index contributed by atoms with van der Waals surface area (Å²) in [6.45, 7) is 6.46. The van der Waals surface area contributed by atoms with E-state index < -0.39 is 15.3 Å². The number of hydrogen-bond acceptors (Lipinski definition) is 4. The Morgan fingerprint density at radius 2 is 0.782 bits per heavy atom. The van der Waals surface area contributed by atoms with Crippen molar-refractivity contribution in [2.24, 2.45) is 0 Å². The Labute approximate surface area is 341 Å². The highest BCUT2D eigenvalue weighted by atomic mass is 32.2. The Hall–Kier alpha value is -2.11. The molecule has 0 aromatic heterocycles. The minimum atomic E-state index is -3.71. The van der Waals surface area contributed by atoms with Crippen LogP contribution in [0.4, 0.5) is 5.69 Å². The molecule has 2 unspecified atom stereocenters. The second-order valence-corrected chi connectivity index (χ2v) is 18.7. The summed E-state index contributed by atoms with van der Waals surface area (Å²) in [7, 11) is -3.71. The van der Waals surface area contributed by atoms with E-state index in [1.54, 1.807) is 24.3 Å². The first kappa shape index (κ1) is 49.0. The van der Waals surface area contributed by atoms with E-state index in [4.69, 9.17) is 0 Å². The summed E-state index contributed by atoms with van der Waals surface area (Å²) in [4.78, 5) is 0.170. The molecule has 0 saturated carbocycles. The molecule has 0 bridgehead atoms. The van der Waals surface area contributed by atoms with Crippen molar-refractivity contribution >= 4 is 27.7 Å². The van der Waals surface area contributed by atoms with Gasteiger partial charge in [-0.05, 0) is 54.7 Å². The number of sulfone groups is 1. The molecule has 2 rings (SSSR count). The van der Waals surface area contributed by atoms with E-state index in [1.807, 2.05) is 13.0 Å². The van der Waals surface area contributed by atoms with Gasteiger partial charge in [-0.15, -0.1) is 0 Å². The minimum Gasteiger partial charge on any atom is -0.382 e. The van der Waals surface area contributed by atoms with Gasteiger partial charge in [0.25, 0.3) is 0 Å². The van der Waals surface area contributed by atoms with Crippen LogP contribution in [0.2, 0.25) is 0 Å². The predicted octanol–water partition coefficient (Wildman–Crippen LogP) is 15.9. The maximum atomic E-state index is 12.6. The second kappa shape index (κ2) is 32.9. The zero-order valence-corrected chi connectivity index (χ0v) is 36.8. The molecule has 0 fully saturated rings. The molecule has 0 amide bonds. The quantitative estimate of drug-likeness (QED) is 0.0529. The van der Waals surface area contributed by atoms with Gasteiger partial charge in [-0.2, -0.15) is 0 Å². The van der Waals surface area contributed by atoms with Crippen molar-refractivity contribution < 1.29 is 13.5 Å². The Balaban J connectivity index is 1.77. The summed E-state index contributed by atoms with van der Waals surface area (Å²) in [6.07, 6.45) is 45.2. The molecule has 2 atom stereocenters. The van der Waals surface area contributed by atoms with Crippen LogP contribution in [-0.2, 0) is 9.84 Å². The lowest BCUT2D eigenvalue weighted by atomic mass is 9.99. The molecule has 0 radical (unpaired) electrons. The number of aliphatic hydroxyl groups excluding tert-OH is 1. The molecule has 2 aromatic rings. The highest BCUT2D eigenvalue weighted by molar-refractivity contribution is 7.91. The van der Waals surface area contributed by atoms with Crippen molar-refractivity contribution in [1.82, 2.24) is 0 Å². The molecule has 314 valence electrons. The van der Waals surface area contributed by atoms with Crippen molar-refractivity contribution in [2.75, 3.05) is 5.32 Å². The zero-order valence-electron chi connectivity index (χ0n) is 36.0. The fraction of sp³-hybridized carbons (Fsp3) is 0.720. The van der Waals surface area contributed by atoms with Crippen LogP contribution in [0.3, 0.4) is 0 Å². The number of aliphatic hydroxyl groups is 1. The lowest BCUT2D eigenvalue weighted by molar-refractivity contribution is 0.237. The van der Waals surface area contributed by atoms with Gasteiger partial charge in [-0.1, -0.05) is 237 Å². The molecule has 5 heteroatoms. The zero-order chi connectivity index (χ0) is 39.7. The molecule has 0 aliphatic carbocycles. The third kappa shape index (κ3) is 24.3. The third-order valence-electron chi connectivity index (χ3n) is 11.4. The van der Waals surface area contributed by atoms with Crippen LogP contribution in [0.15, 0.2) is 53.4 Å². The van der Waals surface area contributed by atoms with Crippen molar-refractivity contribution in [3.05, 3.63) is 59.7 Å². The van der Waals surface area contributed by atoms with Gasteiger partial charge in [0.2, 0.25) is 9.84 Å². The van der Waals surface area contributed by atoms with Crippen LogP contribution < -0.4 is 5.32 Å². The monoisotopic (exact) mass is 780 g/mol. The van der Waals surface area contributed by atoms with Crippen molar-refractivity contribution in [3.8, 4) is 0 Å². The van der Waals surface area contributed by atoms with Gasteiger partial charge in [0, 0.05) is 11.7 Å². The summed E-state index contributed by atoms with van der Waals surface area (Å²) in [5, 5.41) is 14.0. The average molecular weight is 780 g/mol. The molecule has 2 N–H and O–H groups in total. The van der Waals surface area contributed by atoms with Crippen LogP contribution in [0, 0.1) is 0 Å². The average Bonchev–Trinajstić information content (AvgIpc) is 3.19. The number of anilines is 1. The molecule has 0 aliphatic heterocycles. The Morgan fingerprint density at radius 1 is 0.455 bits per heavy atom. The van der Waals surface area contributed by atoms with Crippen LogP contribution in [0.1, 0.15) is 231 Å². The first-order chi connectivity index (χ1) is 26.9. The summed E-state index contributed by atoms with van der Waals surface area (Å²) in [5.41, 5.74) is 1.89. The summed E-state index contributed by atoms with van der Waals surface area (Å²) < 4.78 is 25.2. The number of nitrogens with one attached hydrogen (secondary N) is 1. The van der Waals surface area contributed by atoms with Crippen molar-refractivity contribution in [2.45, 2.75) is 236 Å². The molecule has 2 aromatic carbocycles. The van der Waals surface area contributed by atoms with Crippen molar-refractivity contribution in [3.63, 3.8) is 0 Å². The van der Waals surface area contributed by atoms with Crippen LogP contribution in [-0.4, -0.2) is 25.0 Å². The molecule has 4 nitrogen and oxygen atoms in total.